The molecule has 0 fully saturated rings. The van der Waals surface area contributed by atoms with Crippen LogP contribution in [0, 0.1) is 0 Å². The van der Waals surface area contributed by atoms with Crippen LogP contribution >= 0.6 is 0 Å². The molecule has 0 bridgehead atoms. The van der Waals surface area contributed by atoms with Crippen LogP contribution in [0.15, 0.2) is 60.7 Å². The van der Waals surface area contributed by atoms with Crippen LogP contribution in [0.3, 0.4) is 0 Å². The fourth-order valence-electron chi connectivity index (χ4n) is 1.83. The molecule has 0 unspecified atom stereocenters. The van der Waals surface area contributed by atoms with Gasteiger partial charge < -0.3 is 10.4 Å². The number of aromatic hydroxyl groups is 1. The van der Waals surface area contributed by atoms with Crippen LogP contribution in [0.4, 0.5) is 0 Å². The number of rotatable bonds is 6. The molecule has 0 aromatic heterocycles. The Morgan fingerprint density at radius 1 is 1.00 bits per heavy atom. The van der Waals surface area contributed by atoms with Crippen molar-refractivity contribution >= 4 is 18.0 Å². The summed E-state index contributed by atoms with van der Waals surface area (Å²) in [6.07, 6.45) is 2.71. The number of benzene rings is 2. The summed E-state index contributed by atoms with van der Waals surface area (Å²) >= 11 is 0. The van der Waals surface area contributed by atoms with E-state index in [0.717, 1.165) is 11.6 Å². The second-order valence-corrected chi connectivity index (χ2v) is 4.83. The number of phenols is 1. The fraction of sp³-hybridized carbons (Fsp3) is 0.111. The van der Waals surface area contributed by atoms with E-state index in [-0.39, 0.29) is 18.8 Å². The summed E-state index contributed by atoms with van der Waals surface area (Å²) in [6, 6.07) is 15.9. The van der Waals surface area contributed by atoms with Crippen LogP contribution in [0.2, 0.25) is 0 Å². The van der Waals surface area contributed by atoms with E-state index in [1.165, 1.54) is 0 Å². The number of carbonyl (C=O) groups excluding carboxylic acids is 2. The molecule has 124 valence electrons. The molecule has 0 spiro atoms. The van der Waals surface area contributed by atoms with E-state index in [9.17, 15) is 14.7 Å². The summed E-state index contributed by atoms with van der Waals surface area (Å²) in [5.41, 5.74) is 1.47. The Morgan fingerprint density at radius 2 is 1.71 bits per heavy atom. The smallest absolute Gasteiger partial charge is 0.379 e. The monoisotopic (exact) mass is 327 g/mol. The quantitative estimate of drug-likeness (QED) is 0.481. The van der Waals surface area contributed by atoms with Gasteiger partial charge >= 0.3 is 11.9 Å². The molecule has 6 nitrogen and oxygen atoms in total. The second-order valence-electron chi connectivity index (χ2n) is 4.83. The van der Waals surface area contributed by atoms with Gasteiger partial charge in [-0.2, -0.15) is 0 Å². The Hall–Kier alpha value is -3.12. The van der Waals surface area contributed by atoms with Gasteiger partial charge in [-0.25, -0.2) is 19.4 Å². The maximum absolute atomic E-state index is 11.4. The molecular weight excluding hydrogens is 310 g/mol. The lowest BCUT2D eigenvalue weighted by atomic mass is 10.2. The molecule has 0 saturated heterocycles. The molecule has 0 atom stereocenters. The van der Waals surface area contributed by atoms with Crippen molar-refractivity contribution in [2.45, 2.75) is 6.54 Å². The third kappa shape index (κ3) is 5.94. The van der Waals surface area contributed by atoms with E-state index in [4.69, 9.17) is 0 Å². The summed E-state index contributed by atoms with van der Waals surface area (Å²) in [4.78, 5) is 31.7. The third-order valence-corrected chi connectivity index (χ3v) is 3.00. The van der Waals surface area contributed by atoms with Gasteiger partial charge in [0.15, 0.2) is 0 Å². The van der Waals surface area contributed by atoms with Gasteiger partial charge in [0.1, 0.15) is 5.75 Å². The number of hydrogen-bond donors (Lipinski definition) is 2. The molecule has 2 rings (SSSR count). The van der Waals surface area contributed by atoms with Gasteiger partial charge in [-0.3, -0.25) is 0 Å². The van der Waals surface area contributed by atoms with Crippen LogP contribution in [0.1, 0.15) is 11.1 Å². The van der Waals surface area contributed by atoms with E-state index in [2.05, 4.69) is 15.1 Å². The minimum Gasteiger partial charge on any atom is -0.508 e. The van der Waals surface area contributed by atoms with Gasteiger partial charge in [0.25, 0.3) is 0 Å². The van der Waals surface area contributed by atoms with E-state index in [0.29, 0.717) is 5.56 Å². The Balaban J connectivity index is 1.66. The zero-order valence-electron chi connectivity index (χ0n) is 12.8. The first-order valence-corrected chi connectivity index (χ1v) is 7.27. The lowest BCUT2D eigenvalue weighted by Crippen LogP contribution is -2.25. The minimum absolute atomic E-state index is 0.135. The van der Waals surface area contributed by atoms with Crippen molar-refractivity contribution in [3.63, 3.8) is 0 Å². The van der Waals surface area contributed by atoms with E-state index >= 15 is 0 Å². The summed E-state index contributed by atoms with van der Waals surface area (Å²) in [5.74, 6) is -1.39. The van der Waals surface area contributed by atoms with E-state index in [1.54, 1.807) is 30.3 Å². The molecule has 2 aromatic rings. The molecular formula is C18H17NO5. The third-order valence-electron chi connectivity index (χ3n) is 3.00. The number of para-hydroxylation sites is 1. The summed E-state index contributed by atoms with van der Waals surface area (Å²) in [7, 11) is 0. The van der Waals surface area contributed by atoms with Gasteiger partial charge in [-0.1, -0.05) is 48.5 Å². The first-order valence-electron chi connectivity index (χ1n) is 7.27. The summed E-state index contributed by atoms with van der Waals surface area (Å²) < 4.78 is 0. The minimum atomic E-state index is -0.784. The number of carbonyl (C=O) groups is 2. The number of nitrogens with one attached hydrogen (secondary N) is 1. The van der Waals surface area contributed by atoms with Gasteiger partial charge in [0, 0.05) is 18.2 Å². The Labute approximate surface area is 139 Å². The summed E-state index contributed by atoms with van der Waals surface area (Å²) in [5, 5.41) is 12.4. The van der Waals surface area contributed by atoms with E-state index < -0.39 is 11.9 Å². The molecule has 2 N–H and O–H groups in total. The highest BCUT2D eigenvalue weighted by atomic mass is 17.2. The van der Waals surface area contributed by atoms with Crippen LogP contribution in [-0.4, -0.2) is 23.6 Å². The highest BCUT2D eigenvalue weighted by Crippen LogP contribution is 2.14. The Kier molecular flexibility index (Phi) is 6.55. The fourth-order valence-corrected chi connectivity index (χ4v) is 1.83. The van der Waals surface area contributed by atoms with Crippen LogP contribution in [-0.2, 0) is 25.9 Å². The van der Waals surface area contributed by atoms with Crippen molar-refractivity contribution in [2.75, 3.05) is 6.54 Å². The van der Waals surface area contributed by atoms with Crippen molar-refractivity contribution < 1.29 is 24.5 Å². The van der Waals surface area contributed by atoms with Gasteiger partial charge in [0.05, 0.1) is 6.54 Å². The second kappa shape index (κ2) is 9.12. The SMILES string of the molecule is O=C(/C=C/c1ccccc1)OOC(=O)CNCc1ccccc1O. The molecule has 0 aliphatic heterocycles. The predicted molar refractivity (Wildman–Crippen MR) is 87.5 cm³/mol. The Morgan fingerprint density at radius 3 is 2.46 bits per heavy atom. The molecule has 0 heterocycles. The van der Waals surface area contributed by atoms with Gasteiger partial charge in [-0.05, 0) is 17.7 Å². The van der Waals surface area contributed by atoms with Crippen molar-refractivity contribution in [1.29, 1.82) is 0 Å². The van der Waals surface area contributed by atoms with E-state index in [1.807, 2.05) is 30.3 Å². The molecule has 0 saturated carbocycles. The van der Waals surface area contributed by atoms with Crippen molar-refractivity contribution in [2.24, 2.45) is 0 Å². The lowest BCUT2D eigenvalue weighted by Gasteiger charge is -2.05. The van der Waals surface area contributed by atoms with Crippen molar-refractivity contribution in [3.05, 3.63) is 71.8 Å². The molecule has 0 aliphatic carbocycles. The molecule has 0 aliphatic rings. The molecule has 0 radical (unpaired) electrons. The molecule has 0 amide bonds. The average molecular weight is 327 g/mol. The maximum atomic E-state index is 11.4. The normalized spacial score (nSPS) is 10.5. The molecule has 6 heteroatoms. The Bertz CT molecular complexity index is 712. The standard InChI is InChI=1S/C18H17NO5/c20-16-9-5-4-8-15(16)12-19-13-18(22)24-23-17(21)11-10-14-6-2-1-3-7-14/h1-11,19-20H,12-13H2/b11-10+. The highest BCUT2D eigenvalue weighted by Gasteiger charge is 2.08. The first kappa shape index (κ1) is 17.2. The summed E-state index contributed by atoms with van der Waals surface area (Å²) in [6.45, 7) is 0.119. The maximum Gasteiger partial charge on any atom is 0.379 e. The zero-order chi connectivity index (χ0) is 17.2. The lowest BCUT2D eigenvalue weighted by molar-refractivity contribution is -0.254. The first-order chi connectivity index (χ1) is 11.6. The number of hydrogen-bond acceptors (Lipinski definition) is 6. The average Bonchev–Trinajstić information content (AvgIpc) is 2.61. The van der Waals surface area contributed by atoms with Gasteiger partial charge in [-0.15, -0.1) is 0 Å². The molecule has 24 heavy (non-hydrogen) atoms. The van der Waals surface area contributed by atoms with Crippen molar-refractivity contribution in [1.82, 2.24) is 5.32 Å². The topological polar surface area (TPSA) is 84.9 Å². The number of phenolic OH excluding ortho intramolecular Hbond substituents is 1. The van der Waals surface area contributed by atoms with Crippen LogP contribution in [0.25, 0.3) is 6.08 Å². The predicted octanol–water partition coefficient (Wildman–Crippen LogP) is 2.20. The van der Waals surface area contributed by atoms with Crippen molar-refractivity contribution in [3.8, 4) is 5.75 Å². The van der Waals surface area contributed by atoms with Crippen LogP contribution < -0.4 is 5.32 Å². The highest BCUT2D eigenvalue weighted by molar-refractivity contribution is 5.87. The largest absolute Gasteiger partial charge is 0.508 e. The molecule has 2 aromatic carbocycles. The zero-order valence-corrected chi connectivity index (χ0v) is 12.8. The van der Waals surface area contributed by atoms with Gasteiger partial charge in [0.2, 0.25) is 0 Å². The van der Waals surface area contributed by atoms with Crippen LogP contribution in [0.5, 0.6) is 5.75 Å².